The smallest absolute Gasteiger partial charge is 0.203 e. The molecule has 6 heteroatoms. The lowest BCUT2D eigenvalue weighted by Crippen LogP contribution is -1.99. The fourth-order valence-corrected chi connectivity index (χ4v) is 4.30. The van der Waals surface area contributed by atoms with Crippen LogP contribution in [0, 0.1) is 0 Å². The summed E-state index contributed by atoms with van der Waals surface area (Å²) in [7, 11) is 4.73. The summed E-state index contributed by atoms with van der Waals surface area (Å²) in [6, 6.07) is 9.45. The highest BCUT2D eigenvalue weighted by molar-refractivity contribution is 9.09. The molecule has 0 saturated heterocycles. The molecule has 0 N–H and O–H groups in total. The fraction of sp³-hybridized carbons (Fsp3) is 0.423. The van der Waals surface area contributed by atoms with Gasteiger partial charge in [0.25, 0.3) is 0 Å². The number of carbonyl (C=O) groups excluding carboxylic acids is 1. The van der Waals surface area contributed by atoms with Gasteiger partial charge >= 0.3 is 0 Å². The number of allylic oxidation sites excluding steroid dienone is 1. The Morgan fingerprint density at radius 2 is 1.59 bits per heavy atom. The molecule has 0 atom stereocenters. The van der Waals surface area contributed by atoms with Crippen molar-refractivity contribution in [3.63, 3.8) is 0 Å². The lowest BCUT2D eigenvalue weighted by atomic mass is 10.1. The predicted molar refractivity (Wildman–Crippen MR) is 131 cm³/mol. The van der Waals surface area contributed by atoms with Gasteiger partial charge in [0, 0.05) is 22.9 Å². The number of benzene rings is 2. The molecule has 2 aromatic carbocycles. The highest BCUT2D eigenvalue weighted by atomic mass is 79.9. The molecule has 5 nitrogen and oxygen atoms in total. The second kappa shape index (κ2) is 12.0. The molecule has 0 spiro atoms. The van der Waals surface area contributed by atoms with E-state index >= 15 is 0 Å². The van der Waals surface area contributed by atoms with Crippen molar-refractivity contribution >= 4 is 27.8 Å². The van der Waals surface area contributed by atoms with Crippen LogP contribution in [0.25, 0.3) is 6.08 Å². The Morgan fingerprint density at radius 3 is 2.25 bits per heavy atom. The lowest BCUT2D eigenvalue weighted by molar-refractivity contribution is 0.104. The van der Waals surface area contributed by atoms with Crippen LogP contribution in [0.4, 0.5) is 0 Å². The van der Waals surface area contributed by atoms with Crippen molar-refractivity contribution in [3.05, 3.63) is 52.6 Å². The monoisotopic (exact) mass is 502 g/mol. The Labute approximate surface area is 198 Å². The van der Waals surface area contributed by atoms with Gasteiger partial charge in [-0.25, -0.2) is 0 Å². The molecule has 1 aliphatic rings. The van der Waals surface area contributed by atoms with Gasteiger partial charge in [-0.3, -0.25) is 4.79 Å². The van der Waals surface area contributed by atoms with E-state index in [1.54, 1.807) is 21.3 Å². The minimum atomic E-state index is 0.0482. The highest BCUT2D eigenvalue weighted by Crippen LogP contribution is 2.39. The Bertz CT molecular complexity index is 942. The van der Waals surface area contributed by atoms with E-state index in [0.717, 1.165) is 39.8 Å². The molecule has 0 radical (unpaired) electrons. The molecule has 2 aromatic rings. The minimum Gasteiger partial charge on any atom is -0.494 e. The molecule has 0 heterocycles. The summed E-state index contributed by atoms with van der Waals surface area (Å²) in [6.45, 7) is 0.704. The number of rotatable bonds is 12. The van der Waals surface area contributed by atoms with Gasteiger partial charge < -0.3 is 18.9 Å². The zero-order chi connectivity index (χ0) is 22.9. The Balaban J connectivity index is 1.68. The molecule has 0 aliphatic heterocycles. The van der Waals surface area contributed by atoms with Crippen molar-refractivity contribution in [1.82, 2.24) is 0 Å². The fourth-order valence-electron chi connectivity index (χ4n) is 3.91. The molecule has 32 heavy (non-hydrogen) atoms. The molecule has 0 aromatic heterocycles. The van der Waals surface area contributed by atoms with Gasteiger partial charge in [-0.1, -0.05) is 35.2 Å². The number of methoxy groups -OCH3 is 3. The topological polar surface area (TPSA) is 54.0 Å². The largest absolute Gasteiger partial charge is 0.494 e. The average Bonchev–Trinajstić information content (AvgIpc) is 3.12. The first-order valence-corrected chi connectivity index (χ1v) is 12.1. The molecule has 0 fully saturated rings. The van der Waals surface area contributed by atoms with E-state index in [0.29, 0.717) is 30.3 Å². The summed E-state index contributed by atoms with van der Waals surface area (Å²) in [5, 5.41) is 1.08. The lowest BCUT2D eigenvalue weighted by Gasteiger charge is -2.13. The van der Waals surface area contributed by atoms with Gasteiger partial charge in [-0.2, -0.15) is 0 Å². The second-order valence-corrected chi connectivity index (χ2v) is 8.55. The van der Waals surface area contributed by atoms with E-state index in [-0.39, 0.29) is 5.78 Å². The van der Waals surface area contributed by atoms with Crippen LogP contribution in [0.2, 0.25) is 0 Å². The van der Waals surface area contributed by atoms with Crippen LogP contribution in [-0.2, 0) is 6.42 Å². The van der Waals surface area contributed by atoms with Gasteiger partial charge in [0.1, 0.15) is 5.75 Å². The molecule has 0 bridgehead atoms. The van der Waals surface area contributed by atoms with Gasteiger partial charge in [0.05, 0.1) is 27.9 Å². The molecular weight excluding hydrogens is 472 g/mol. The third-order valence-corrected chi connectivity index (χ3v) is 6.13. The average molecular weight is 503 g/mol. The normalized spacial score (nSPS) is 13.9. The number of Topliss-reactive ketones (excluding diaryl/α,β-unsaturated/α-hetero) is 1. The molecule has 0 unspecified atom stereocenters. The van der Waals surface area contributed by atoms with Gasteiger partial charge in [0.15, 0.2) is 17.3 Å². The van der Waals surface area contributed by atoms with Gasteiger partial charge in [-0.05, 0) is 60.4 Å². The van der Waals surface area contributed by atoms with Crippen LogP contribution in [0.5, 0.6) is 23.0 Å². The van der Waals surface area contributed by atoms with Gasteiger partial charge in [0.2, 0.25) is 5.75 Å². The number of unbranched alkanes of at least 4 members (excludes halogenated alkanes) is 4. The van der Waals surface area contributed by atoms with Crippen molar-refractivity contribution in [2.75, 3.05) is 33.3 Å². The summed E-state index contributed by atoms with van der Waals surface area (Å²) < 4.78 is 22.2. The zero-order valence-corrected chi connectivity index (χ0v) is 20.6. The van der Waals surface area contributed by atoms with Gasteiger partial charge in [-0.15, -0.1) is 0 Å². The number of hydrogen-bond donors (Lipinski definition) is 0. The van der Waals surface area contributed by atoms with E-state index in [1.807, 2.05) is 36.4 Å². The molecular formula is C26H31BrO5. The number of ketones is 1. The van der Waals surface area contributed by atoms with Crippen LogP contribution in [0.15, 0.2) is 35.9 Å². The summed E-state index contributed by atoms with van der Waals surface area (Å²) in [5.41, 5.74) is 3.31. The first-order valence-electron chi connectivity index (χ1n) is 11.0. The summed E-state index contributed by atoms with van der Waals surface area (Å²) >= 11 is 3.46. The molecule has 0 amide bonds. The van der Waals surface area contributed by atoms with Crippen LogP contribution < -0.4 is 18.9 Å². The number of halogens is 1. The number of alkyl halides is 1. The maximum absolute atomic E-state index is 12.9. The third kappa shape index (κ3) is 5.85. The van der Waals surface area contributed by atoms with Crippen LogP contribution >= 0.6 is 15.9 Å². The molecule has 1 aliphatic carbocycles. The number of fused-ring (bicyclic) bond motifs is 1. The summed E-state index contributed by atoms with van der Waals surface area (Å²) in [6.07, 6.45) is 8.42. The molecule has 3 rings (SSSR count). The summed E-state index contributed by atoms with van der Waals surface area (Å²) in [5.74, 6) is 2.52. The van der Waals surface area contributed by atoms with Crippen molar-refractivity contribution < 1.29 is 23.7 Å². The SMILES string of the molecule is COc1cc(/C=C2\Cc3cc(OCCCCCCCBr)ccc3C2=O)cc(OC)c1OC. The maximum Gasteiger partial charge on any atom is 0.203 e. The zero-order valence-electron chi connectivity index (χ0n) is 19.0. The van der Waals surface area contributed by atoms with Crippen molar-refractivity contribution in [3.8, 4) is 23.0 Å². The van der Waals surface area contributed by atoms with Crippen LogP contribution in [0.1, 0.15) is 53.6 Å². The molecule has 0 saturated carbocycles. The summed E-state index contributed by atoms with van der Waals surface area (Å²) in [4.78, 5) is 12.9. The first kappa shape index (κ1) is 24.2. The Hall–Kier alpha value is -2.47. The first-order chi connectivity index (χ1) is 15.6. The molecule has 172 valence electrons. The van der Waals surface area contributed by atoms with E-state index in [2.05, 4.69) is 15.9 Å². The van der Waals surface area contributed by atoms with E-state index < -0.39 is 0 Å². The van der Waals surface area contributed by atoms with E-state index in [9.17, 15) is 4.79 Å². The van der Waals surface area contributed by atoms with Crippen molar-refractivity contribution in [1.29, 1.82) is 0 Å². The van der Waals surface area contributed by atoms with Crippen molar-refractivity contribution in [2.45, 2.75) is 38.5 Å². The van der Waals surface area contributed by atoms with Crippen LogP contribution in [-0.4, -0.2) is 39.0 Å². The van der Waals surface area contributed by atoms with E-state index in [4.69, 9.17) is 18.9 Å². The maximum atomic E-state index is 12.9. The highest BCUT2D eigenvalue weighted by Gasteiger charge is 2.25. The second-order valence-electron chi connectivity index (χ2n) is 7.76. The number of carbonyl (C=O) groups is 1. The van der Waals surface area contributed by atoms with Crippen molar-refractivity contribution in [2.24, 2.45) is 0 Å². The standard InChI is InChI=1S/C26H31BrO5/c1-29-23-14-18(15-24(30-2)26(23)31-3)13-20-16-19-17-21(9-10-22(19)25(20)28)32-12-8-6-4-5-7-11-27/h9-10,13-15,17H,4-8,11-12,16H2,1-3H3/b20-13+. The van der Waals surface area contributed by atoms with E-state index in [1.165, 1.54) is 25.7 Å². The predicted octanol–water partition coefficient (Wildman–Crippen LogP) is 6.26. The number of hydrogen-bond acceptors (Lipinski definition) is 5. The minimum absolute atomic E-state index is 0.0482. The number of ether oxygens (including phenoxy) is 4. The third-order valence-electron chi connectivity index (χ3n) is 5.57. The Kier molecular flexibility index (Phi) is 9.03. The quantitative estimate of drug-likeness (QED) is 0.195. The van der Waals surface area contributed by atoms with Crippen LogP contribution in [0.3, 0.4) is 0 Å². The Morgan fingerprint density at radius 1 is 0.906 bits per heavy atom.